The first-order valence-corrected chi connectivity index (χ1v) is 9.86. The summed E-state index contributed by atoms with van der Waals surface area (Å²) < 4.78 is 28.3. The first-order valence-electron chi connectivity index (χ1n) is 8.37. The number of nitrogens with zero attached hydrogens (tertiary/aromatic N) is 1. The predicted molar refractivity (Wildman–Crippen MR) is 87.7 cm³/mol. The van der Waals surface area contributed by atoms with Gasteiger partial charge in [-0.3, -0.25) is 4.79 Å². The van der Waals surface area contributed by atoms with Gasteiger partial charge in [0, 0.05) is 25.2 Å². The molecular formula is C17H22N2O3S. The molecule has 0 radical (unpaired) electrons. The zero-order valence-corrected chi connectivity index (χ0v) is 14.1. The van der Waals surface area contributed by atoms with E-state index >= 15 is 0 Å². The van der Waals surface area contributed by atoms with Crippen LogP contribution < -0.4 is 9.62 Å². The zero-order chi connectivity index (χ0) is 16.2. The van der Waals surface area contributed by atoms with Crippen LogP contribution in [0.25, 0.3) is 0 Å². The molecule has 1 heterocycles. The van der Waals surface area contributed by atoms with Crippen molar-refractivity contribution in [2.75, 3.05) is 11.4 Å². The van der Waals surface area contributed by atoms with Gasteiger partial charge in [0.05, 0.1) is 4.90 Å². The van der Waals surface area contributed by atoms with Gasteiger partial charge >= 0.3 is 0 Å². The normalized spacial score (nSPS) is 29.1. The minimum Gasteiger partial charge on any atom is -0.312 e. The van der Waals surface area contributed by atoms with Crippen LogP contribution in [0, 0.1) is 11.8 Å². The first kappa shape index (κ1) is 15.1. The Hall–Kier alpha value is -1.40. The first-order chi connectivity index (χ1) is 10.9. The minimum absolute atomic E-state index is 0.000497. The molecule has 3 aliphatic rings. The SMILES string of the molecule is CC(=O)N1CCc2cc(S(=O)(=O)N[C@H]3C[C@@H]4CC[C@@H]3C4)ccc21. The Morgan fingerprint density at radius 1 is 1.26 bits per heavy atom. The maximum Gasteiger partial charge on any atom is 0.240 e. The summed E-state index contributed by atoms with van der Waals surface area (Å²) in [7, 11) is -3.48. The van der Waals surface area contributed by atoms with Crippen molar-refractivity contribution in [3.63, 3.8) is 0 Å². The van der Waals surface area contributed by atoms with Gasteiger partial charge < -0.3 is 4.90 Å². The number of sulfonamides is 1. The number of carbonyl (C=O) groups excluding carboxylic acids is 1. The van der Waals surface area contributed by atoms with E-state index in [1.54, 1.807) is 23.1 Å². The third-order valence-corrected chi connectivity index (χ3v) is 7.17. The number of benzene rings is 1. The molecule has 5 nitrogen and oxygen atoms in total. The molecule has 1 amide bonds. The Morgan fingerprint density at radius 2 is 2.09 bits per heavy atom. The highest BCUT2D eigenvalue weighted by atomic mass is 32.2. The summed E-state index contributed by atoms with van der Waals surface area (Å²) in [6.45, 7) is 2.17. The monoisotopic (exact) mass is 334 g/mol. The van der Waals surface area contributed by atoms with Gasteiger partial charge in [0.15, 0.2) is 0 Å². The van der Waals surface area contributed by atoms with E-state index in [0.29, 0.717) is 29.7 Å². The summed E-state index contributed by atoms with van der Waals surface area (Å²) in [6.07, 6.45) is 5.27. The fourth-order valence-corrected chi connectivity index (χ4v) is 5.90. The molecule has 0 aromatic heterocycles. The van der Waals surface area contributed by atoms with Gasteiger partial charge in [-0.05, 0) is 61.3 Å². The van der Waals surface area contributed by atoms with Crippen LogP contribution in [0.1, 0.15) is 38.2 Å². The second kappa shape index (κ2) is 5.31. The number of fused-ring (bicyclic) bond motifs is 3. The lowest BCUT2D eigenvalue weighted by atomic mass is 9.96. The molecule has 1 aromatic carbocycles. The second-order valence-electron chi connectivity index (χ2n) is 7.11. The molecule has 3 atom stereocenters. The van der Waals surface area contributed by atoms with Crippen LogP contribution in [0.4, 0.5) is 5.69 Å². The minimum atomic E-state index is -3.48. The van der Waals surface area contributed by atoms with Crippen LogP contribution in [0.15, 0.2) is 23.1 Å². The molecule has 2 fully saturated rings. The molecule has 2 saturated carbocycles. The third-order valence-electron chi connectivity index (χ3n) is 5.68. The summed E-state index contributed by atoms with van der Waals surface area (Å²) in [6, 6.07) is 5.21. The van der Waals surface area contributed by atoms with Crippen LogP contribution in [-0.4, -0.2) is 26.9 Å². The van der Waals surface area contributed by atoms with Crippen molar-refractivity contribution in [2.45, 2.75) is 50.0 Å². The van der Waals surface area contributed by atoms with Gasteiger partial charge in [-0.15, -0.1) is 0 Å². The lowest BCUT2D eigenvalue weighted by Gasteiger charge is -2.23. The number of amides is 1. The van der Waals surface area contributed by atoms with Crippen molar-refractivity contribution < 1.29 is 13.2 Å². The van der Waals surface area contributed by atoms with Gasteiger partial charge in [-0.25, -0.2) is 13.1 Å². The standard InChI is InChI=1S/C17H22N2O3S/c1-11(20)19-7-6-14-10-15(4-5-17(14)19)23(21,22)18-16-9-12-2-3-13(16)8-12/h4-5,10,12-13,16,18H,2-3,6-9H2,1H3/t12-,13-,16+/m1/s1. The molecule has 0 spiro atoms. The Kier molecular flexibility index (Phi) is 3.50. The highest BCUT2D eigenvalue weighted by molar-refractivity contribution is 7.89. The number of nitrogens with one attached hydrogen (secondary N) is 1. The van der Waals surface area contributed by atoms with Crippen molar-refractivity contribution in [3.05, 3.63) is 23.8 Å². The molecule has 0 saturated heterocycles. The number of carbonyl (C=O) groups is 1. The van der Waals surface area contributed by atoms with Crippen LogP contribution in [0.5, 0.6) is 0 Å². The van der Waals surface area contributed by atoms with Crippen molar-refractivity contribution in [1.29, 1.82) is 0 Å². The molecular weight excluding hydrogens is 312 g/mol. The number of hydrogen-bond acceptors (Lipinski definition) is 3. The Labute approximate surface area is 137 Å². The summed E-state index contributed by atoms with van der Waals surface area (Å²) in [4.78, 5) is 13.6. The lowest BCUT2D eigenvalue weighted by Crippen LogP contribution is -2.38. The van der Waals surface area contributed by atoms with Crippen molar-refractivity contribution >= 4 is 21.6 Å². The van der Waals surface area contributed by atoms with Crippen LogP contribution in [0.2, 0.25) is 0 Å². The van der Waals surface area contributed by atoms with Crippen molar-refractivity contribution in [3.8, 4) is 0 Å². The van der Waals surface area contributed by atoms with Gasteiger partial charge in [0.2, 0.25) is 15.9 Å². The van der Waals surface area contributed by atoms with E-state index in [1.165, 1.54) is 19.8 Å². The number of anilines is 1. The van der Waals surface area contributed by atoms with E-state index < -0.39 is 10.0 Å². The molecule has 23 heavy (non-hydrogen) atoms. The molecule has 6 heteroatoms. The van der Waals surface area contributed by atoms with E-state index in [-0.39, 0.29) is 11.9 Å². The Morgan fingerprint density at radius 3 is 2.74 bits per heavy atom. The molecule has 1 aromatic rings. The average Bonchev–Trinajstić information content (AvgIpc) is 3.20. The van der Waals surface area contributed by atoms with E-state index in [2.05, 4.69) is 4.72 Å². The topological polar surface area (TPSA) is 66.5 Å². The highest BCUT2D eigenvalue weighted by Crippen LogP contribution is 2.45. The van der Waals surface area contributed by atoms with Crippen LogP contribution >= 0.6 is 0 Å². The smallest absolute Gasteiger partial charge is 0.240 e. The van der Waals surface area contributed by atoms with Crippen molar-refractivity contribution in [2.24, 2.45) is 11.8 Å². The van der Waals surface area contributed by atoms with Crippen molar-refractivity contribution in [1.82, 2.24) is 4.72 Å². The molecule has 2 bridgehead atoms. The van der Waals surface area contributed by atoms with E-state index in [4.69, 9.17) is 0 Å². The molecule has 2 aliphatic carbocycles. The van der Waals surface area contributed by atoms with Crippen LogP contribution in [-0.2, 0) is 21.2 Å². The predicted octanol–water partition coefficient (Wildman–Crippen LogP) is 2.06. The van der Waals surface area contributed by atoms with Gasteiger partial charge in [0.1, 0.15) is 0 Å². The quantitative estimate of drug-likeness (QED) is 0.920. The molecule has 0 unspecified atom stereocenters. The number of hydrogen-bond donors (Lipinski definition) is 1. The maximum atomic E-state index is 12.7. The number of rotatable bonds is 3. The fourth-order valence-electron chi connectivity index (χ4n) is 4.53. The molecule has 4 rings (SSSR count). The second-order valence-corrected chi connectivity index (χ2v) is 8.83. The van der Waals surface area contributed by atoms with Gasteiger partial charge in [-0.1, -0.05) is 6.42 Å². The molecule has 1 aliphatic heterocycles. The Balaban J connectivity index is 1.57. The largest absolute Gasteiger partial charge is 0.312 e. The fraction of sp³-hybridized carbons (Fsp3) is 0.588. The summed E-state index contributed by atoms with van der Waals surface area (Å²) in [5.41, 5.74) is 1.78. The van der Waals surface area contributed by atoms with E-state index in [0.717, 1.165) is 24.1 Å². The summed E-state index contributed by atoms with van der Waals surface area (Å²) in [5.74, 6) is 1.22. The summed E-state index contributed by atoms with van der Waals surface area (Å²) >= 11 is 0. The maximum absolute atomic E-state index is 12.7. The zero-order valence-electron chi connectivity index (χ0n) is 13.3. The average molecular weight is 334 g/mol. The van der Waals surface area contributed by atoms with Gasteiger partial charge in [0.25, 0.3) is 0 Å². The van der Waals surface area contributed by atoms with Crippen LogP contribution in [0.3, 0.4) is 0 Å². The lowest BCUT2D eigenvalue weighted by molar-refractivity contribution is -0.116. The molecule has 124 valence electrons. The summed E-state index contributed by atoms with van der Waals surface area (Å²) in [5, 5.41) is 0. The van der Waals surface area contributed by atoms with E-state index in [9.17, 15) is 13.2 Å². The third kappa shape index (κ3) is 2.58. The van der Waals surface area contributed by atoms with Gasteiger partial charge in [-0.2, -0.15) is 0 Å². The highest BCUT2D eigenvalue weighted by Gasteiger charge is 2.41. The Bertz CT molecular complexity index is 759. The van der Waals surface area contributed by atoms with E-state index in [1.807, 2.05) is 0 Å². The molecule has 1 N–H and O–H groups in total.